The Bertz CT molecular complexity index is 481. The van der Waals surface area contributed by atoms with E-state index in [9.17, 15) is 9.59 Å². The van der Waals surface area contributed by atoms with Crippen LogP contribution in [0.25, 0.3) is 0 Å². The second-order valence-corrected chi connectivity index (χ2v) is 4.56. The number of carboxylic acids is 1. The van der Waals surface area contributed by atoms with Crippen LogP contribution in [0.3, 0.4) is 0 Å². The maximum absolute atomic E-state index is 11.6. The Morgan fingerprint density at radius 2 is 2.11 bits per heavy atom. The van der Waals surface area contributed by atoms with Gasteiger partial charge in [0.1, 0.15) is 0 Å². The first-order valence-corrected chi connectivity index (χ1v) is 5.93. The molecule has 1 aromatic rings. The molecule has 0 heterocycles. The number of aromatic carboxylic acids is 1. The Morgan fingerprint density at radius 1 is 1.39 bits per heavy atom. The molecular weight excluding hydrogens is 232 g/mol. The van der Waals surface area contributed by atoms with Gasteiger partial charge in [0.2, 0.25) is 5.91 Å². The van der Waals surface area contributed by atoms with Crippen LogP contribution in [-0.4, -0.2) is 29.6 Å². The summed E-state index contributed by atoms with van der Waals surface area (Å²) in [7, 11) is 0. The fourth-order valence-corrected chi connectivity index (χ4v) is 1.66. The van der Waals surface area contributed by atoms with Crippen molar-refractivity contribution in [2.75, 3.05) is 11.9 Å². The lowest BCUT2D eigenvalue weighted by Gasteiger charge is -2.09. The predicted molar refractivity (Wildman–Crippen MR) is 67.8 cm³/mol. The van der Waals surface area contributed by atoms with Gasteiger partial charge in [0.25, 0.3) is 0 Å². The number of carbonyl (C=O) groups excluding carboxylic acids is 1. The zero-order valence-corrected chi connectivity index (χ0v) is 10.2. The van der Waals surface area contributed by atoms with Crippen LogP contribution in [0.5, 0.6) is 0 Å². The number of carboxylic acid groups (broad SMARTS) is 1. The summed E-state index contributed by atoms with van der Waals surface area (Å²) in [6.07, 6.45) is 2.22. The van der Waals surface area contributed by atoms with E-state index in [1.54, 1.807) is 18.2 Å². The smallest absolute Gasteiger partial charge is 0.337 e. The van der Waals surface area contributed by atoms with Crippen molar-refractivity contribution in [2.45, 2.75) is 25.8 Å². The van der Waals surface area contributed by atoms with E-state index in [1.165, 1.54) is 0 Å². The molecule has 1 fully saturated rings. The minimum atomic E-state index is -1.04. The second-order valence-electron chi connectivity index (χ2n) is 4.56. The first kappa shape index (κ1) is 12.6. The minimum Gasteiger partial charge on any atom is -0.478 e. The molecule has 18 heavy (non-hydrogen) atoms. The van der Waals surface area contributed by atoms with Crippen molar-refractivity contribution < 1.29 is 14.7 Å². The van der Waals surface area contributed by atoms with Crippen LogP contribution in [0.1, 0.15) is 28.8 Å². The molecule has 1 aliphatic carbocycles. The molecular formula is C13H16N2O3. The summed E-state index contributed by atoms with van der Waals surface area (Å²) in [5.74, 6) is -1.25. The Kier molecular flexibility index (Phi) is 3.62. The van der Waals surface area contributed by atoms with E-state index in [0.717, 1.165) is 18.4 Å². The highest BCUT2D eigenvalue weighted by Crippen LogP contribution is 2.19. The van der Waals surface area contributed by atoms with Crippen molar-refractivity contribution in [3.8, 4) is 0 Å². The third-order valence-electron chi connectivity index (χ3n) is 2.81. The highest BCUT2D eigenvalue weighted by atomic mass is 16.4. The number of hydrogen-bond acceptors (Lipinski definition) is 3. The third-order valence-corrected chi connectivity index (χ3v) is 2.81. The van der Waals surface area contributed by atoms with Gasteiger partial charge >= 0.3 is 5.97 Å². The standard InChI is InChI=1S/C13H16N2O3/c1-8-2-5-11(10(6-8)13(17)18)15-12(16)7-14-9-3-4-9/h2,5-6,9,14H,3-4,7H2,1H3,(H,15,16)(H,17,18). The third kappa shape index (κ3) is 3.30. The summed E-state index contributed by atoms with van der Waals surface area (Å²) in [4.78, 5) is 22.7. The number of nitrogens with one attached hydrogen (secondary N) is 2. The van der Waals surface area contributed by atoms with E-state index in [-0.39, 0.29) is 18.0 Å². The topological polar surface area (TPSA) is 78.4 Å². The predicted octanol–water partition coefficient (Wildman–Crippen LogP) is 1.38. The van der Waals surface area contributed by atoms with E-state index in [2.05, 4.69) is 10.6 Å². The molecule has 1 aromatic carbocycles. The average molecular weight is 248 g/mol. The summed E-state index contributed by atoms with van der Waals surface area (Å²) in [5.41, 5.74) is 1.31. The van der Waals surface area contributed by atoms with Crippen molar-refractivity contribution in [3.63, 3.8) is 0 Å². The maximum Gasteiger partial charge on any atom is 0.337 e. The van der Waals surface area contributed by atoms with Gasteiger partial charge in [0.05, 0.1) is 17.8 Å². The average Bonchev–Trinajstić information content (AvgIpc) is 3.12. The first-order chi connectivity index (χ1) is 8.56. The van der Waals surface area contributed by atoms with Crippen molar-refractivity contribution in [1.82, 2.24) is 5.32 Å². The van der Waals surface area contributed by atoms with E-state index < -0.39 is 5.97 Å². The summed E-state index contributed by atoms with van der Waals surface area (Å²) >= 11 is 0. The van der Waals surface area contributed by atoms with Gasteiger partial charge in [-0.1, -0.05) is 11.6 Å². The largest absolute Gasteiger partial charge is 0.478 e. The van der Waals surface area contributed by atoms with Crippen LogP contribution in [0.2, 0.25) is 0 Å². The molecule has 5 heteroatoms. The zero-order valence-electron chi connectivity index (χ0n) is 10.2. The fourth-order valence-electron chi connectivity index (χ4n) is 1.66. The van der Waals surface area contributed by atoms with Gasteiger partial charge in [-0.2, -0.15) is 0 Å². The fraction of sp³-hybridized carbons (Fsp3) is 0.385. The lowest BCUT2D eigenvalue weighted by atomic mass is 10.1. The van der Waals surface area contributed by atoms with Crippen molar-refractivity contribution in [3.05, 3.63) is 29.3 Å². The summed E-state index contributed by atoms with van der Waals surface area (Å²) in [6.45, 7) is 2.03. The van der Waals surface area contributed by atoms with E-state index in [4.69, 9.17) is 5.11 Å². The van der Waals surface area contributed by atoms with Gasteiger partial charge in [0, 0.05) is 6.04 Å². The van der Waals surface area contributed by atoms with Crippen molar-refractivity contribution in [1.29, 1.82) is 0 Å². The molecule has 0 aromatic heterocycles. The molecule has 1 saturated carbocycles. The van der Waals surface area contributed by atoms with Gasteiger partial charge in [0.15, 0.2) is 0 Å². The Balaban J connectivity index is 2.02. The SMILES string of the molecule is Cc1ccc(NC(=O)CNC2CC2)c(C(=O)O)c1. The minimum absolute atomic E-state index is 0.120. The number of hydrogen-bond donors (Lipinski definition) is 3. The Labute approximate surface area is 105 Å². The van der Waals surface area contributed by atoms with Gasteiger partial charge < -0.3 is 15.7 Å². The van der Waals surface area contributed by atoms with Crippen LogP contribution in [0.15, 0.2) is 18.2 Å². The maximum atomic E-state index is 11.6. The molecule has 3 N–H and O–H groups in total. The van der Waals surface area contributed by atoms with Crippen LogP contribution in [0.4, 0.5) is 5.69 Å². The number of anilines is 1. The molecule has 1 amide bonds. The van der Waals surface area contributed by atoms with E-state index in [0.29, 0.717) is 11.7 Å². The molecule has 96 valence electrons. The lowest BCUT2D eigenvalue weighted by molar-refractivity contribution is -0.115. The lowest BCUT2D eigenvalue weighted by Crippen LogP contribution is -2.30. The zero-order chi connectivity index (χ0) is 13.1. The first-order valence-electron chi connectivity index (χ1n) is 5.93. The summed E-state index contributed by atoms with van der Waals surface area (Å²) < 4.78 is 0. The molecule has 0 atom stereocenters. The summed E-state index contributed by atoms with van der Waals surface area (Å²) in [6, 6.07) is 5.39. The van der Waals surface area contributed by atoms with Gasteiger partial charge in [-0.25, -0.2) is 4.79 Å². The van der Waals surface area contributed by atoms with Crippen molar-refractivity contribution in [2.24, 2.45) is 0 Å². The van der Waals surface area contributed by atoms with Gasteiger partial charge in [-0.15, -0.1) is 0 Å². The number of benzene rings is 1. The van der Waals surface area contributed by atoms with E-state index >= 15 is 0 Å². The van der Waals surface area contributed by atoms with Crippen molar-refractivity contribution >= 4 is 17.6 Å². The summed E-state index contributed by atoms with van der Waals surface area (Å²) in [5, 5.41) is 14.8. The quantitative estimate of drug-likeness (QED) is 0.735. The molecule has 0 saturated heterocycles. The highest BCUT2D eigenvalue weighted by molar-refractivity contribution is 6.01. The number of aryl methyl sites for hydroxylation is 1. The molecule has 0 spiro atoms. The molecule has 0 aliphatic heterocycles. The second kappa shape index (κ2) is 5.18. The number of carbonyl (C=O) groups is 2. The van der Waals surface area contributed by atoms with Crippen LogP contribution >= 0.6 is 0 Å². The Morgan fingerprint density at radius 3 is 2.72 bits per heavy atom. The van der Waals surface area contributed by atoms with Gasteiger partial charge in [-0.05, 0) is 31.9 Å². The molecule has 0 unspecified atom stereocenters. The number of rotatable bonds is 5. The molecule has 0 radical (unpaired) electrons. The number of amides is 1. The van der Waals surface area contributed by atoms with Crippen LogP contribution < -0.4 is 10.6 Å². The van der Waals surface area contributed by atoms with Crippen LogP contribution in [0, 0.1) is 6.92 Å². The molecule has 0 bridgehead atoms. The monoisotopic (exact) mass is 248 g/mol. The molecule has 5 nitrogen and oxygen atoms in total. The molecule has 2 rings (SSSR count). The molecule has 1 aliphatic rings. The van der Waals surface area contributed by atoms with Gasteiger partial charge in [-0.3, -0.25) is 4.79 Å². The highest BCUT2D eigenvalue weighted by Gasteiger charge is 2.21. The van der Waals surface area contributed by atoms with Crippen LogP contribution in [-0.2, 0) is 4.79 Å². The normalized spacial score (nSPS) is 14.3. The Hall–Kier alpha value is -1.88. The van der Waals surface area contributed by atoms with E-state index in [1.807, 2.05) is 6.92 Å².